The zero-order valence-corrected chi connectivity index (χ0v) is 71.3. The van der Waals surface area contributed by atoms with E-state index in [0.717, 1.165) is 130 Å². The molecule has 4 aliphatic rings. The molecule has 0 saturated heterocycles. The molecular weight excluding hydrogens is 1720 g/mol. The molecular formula is C108H65B2N5OSe4. The van der Waals surface area contributed by atoms with Crippen molar-refractivity contribution in [3.8, 4) is 33.8 Å². The molecule has 0 atom stereocenters. The number of hydrogen-bond acceptors (Lipinski definition) is 6. The molecule has 0 aliphatic carbocycles. The second-order valence-electron chi connectivity index (χ2n) is 31.7. The van der Waals surface area contributed by atoms with Crippen molar-refractivity contribution in [1.29, 1.82) is 0 Å². The number of rotatable bonds is 11. The summed E-state index contributed by atoms with van der Waals surface area (Å²) in [5, 5.41) is 10.5. The summed E-state index contributed by atoms with van der Waals surface area (Å²) < 4.78 is 19.6. The Bertz CT molecular complexity index is 7990. The van der Waals surface area contributed by atoms with Gasteiger partial charge < -0.3 is 0 Å². The molecule has 0 fully saturated rings. The summed E-state index contributed by atoms with van der Waals surface area (Å²) in [6.07, 6.45) is 0. The van der Waals surface area contributed by atoms with Crippen LogP contribution in [0.25, 0.3) is 99.4 Å². The Morgan fingerprint density at radius 1 is 0.217 bits per heavy atom. The van der Waals surface area contributed by atoms with E-state index in [4.69, 9.17) is 4.74 Å². The minimum Gasteiger partial charge on any atom is -0.0616 e. The van der Waals surface area contributed by atoms with Gasteiger partial charge in [-0.3, -0.25) is 0 Å². The van der Waals surface area contributed by atoms with Crippen molar-refractivity contribution in [2.45, 2.75) is 0 Å². The van der Waals surface area contributed by atoms with Crippen LogP contribution >= 0.6 is 0 Å². The first-order chi connectivity index (χ1) is 59.5. The molecule has 26 rings (SSSR count). The molecule has 4 aliphatic heterocycles. The first-order valence-electron chi connectivity index (χ1n) is 40.9. The first-order valence-corrected chi connectivity index (χ1v) is 47.7. The number of hydrogen-bond donors (Lipinski definition) is 0. The van der Waals surface area contributed by atoms with Crippen LogP contribution in [0.3, 0.4) is 0 Å². The molecule has 8 heterocycles. The summed E-state index contributed by atoms with van der Waals surface area (Å²) in [6.45, 7) is -0.554. The van der Waals surface area contributed by atoms with Gasteiger partial charge in [0.1, 0.15) is 0 Å². The maximum atomic E-state index is 8.26. The molecule has 22 aromatic rings. The smallest absolute Gasteiger partial charge is 0.0543 e. The largest absolute Gasteiger partial charge is 0.0616 e. The van der Waals surface area contributed by atoms with Crippen LogP contribution in [0.4, 0.5) is 85.3 Å². The zero-order chi connectivity index (χ0) is 78.4. The Morgan fingerprint density at radius 3 is 1.07 bits per heavy atom. The summed E-state index contributed by atoms with van der Waals surface area (Å²) in [4.78, 5) is 12.9. The molecule has 558 valence electrons. The van der Waals surface area contributed by atoms with Gasteiger partial charge in [-0.1, -0.05) is 66.7 Å². The summed E-state index contributed by atoms with van der Waals surface area (Å²) in [5.41, 5.74) is 27.9. The fraction of sp³-hybridized carbons (Fsp3) is 0. The fourth-order valence-electron chi connectivity index (χ4n) is 20.1. The molecule has 0 N–H and O–H groups in total. The van der Waals surface area contributed by atoms with Crippen molar-refractivity contribution in [3.05, 3.63) is 394 Å². The monoisotopic (exact) mass is 1790 g/mol. The third-order valence-electron chi connectivity index (χ3n) is 25.2. The number of anilines is 15. The Balaban J connectivity index is 0.777. The van der Waals surface area contributed by atoms with Gasteiger partial charge in [-0.25, -0.2) is 0 Å². The quantitative estimate of drug-likeness (QED) is 0.120. The van der Waals surface area contributed by atoms with Gasteiger partial charge in [0.25, 0.3) is 0 Å². The van der Waals surface area contributed by atoms with Gasteiger partial charge in [-0.15, -0.1) is 0 Å². The standard InChI is InChI=1S/C108H65B2N5OSe4/c1-5-26-66(27-6-1)76-38-25-39-77(67-28-7-2-8-29-67)108(76)115-92-65-96-89(110-87-41-18-20-43-91(87)114(73-51-55-105-85(59-73)81-37-16-24-47-101(81)120-105)95-62-75(63-97(116-96)107(95)110)112(69-32-11-4-12-33-69)71-49-53-103-83(57-71)79-35-14-22-45-99(79)118-103)64-88(92)109-86-40-17-19-42-90(86)113(72-50-54-104-84(58-72)80-36-15-23-46-100(80)119-104)93-60-74(61-94(115)106(93)109)111(68-30-9-3-10-31-68)70-48-52-102-82(56-70)78-34-13-21-44-98(78)117-102/h1-65H. The van der Waals surface area contributed by atoms with E-state index >= 15 is 0 Å². The van der Waals surface area contributed by atoms with Gasteiger partial charge in [0.2, 0.25) is 0 Å². The van der Waals surface area contributed by atoms with Crippen LogP contribution in [0, 0.1) is 0 Å². The molecule has 0 amide bonds. The van der Waals surface area contributed by atoms with Crippen molar-refractivity contribution < 1.29 is 4.74 Å². The van der Waals surface area contributed by atoms with Crippen LogP contribution in [0.15, 0.2) is 394 Å². The van der Waals surface area contributed by atoms with Crippen LogP contribution in [-0.2, 0) is 0 Å². The molecule has 12 heteroatoms. The Labute approximate surface area is 717 Å². The van der Waals surface area contributed by atoms with Crippen molar-refractivity contribution >= 4 is 267 Å². The minimum absolute atomic E-state index is 0.173. The fourth-order valence-corrected chi connectivity index (χ4v) is 29.2. The number of para-hydroxylation sites is 5. The molecule has 0 unspecified atom stereocenters. The van der Waals surface area contributed by atoms with Crippen molar-refractivity contribution in [2.24, 2.45) is 0 Å². The zero-order valence-electron chi connectivity index (χ0n) is 64.5. The van der Waals surface area contributed by atoms with E-state index < -0.39 is 0 Å². The van der Waals surface area contributed by atoms with Gasteiger partial charge >= 0.3 is 657 Å². The van der Waals surface area contributed by atoms with E-state index in [0.29, 0.717) is 0 Å². The topological polar surface area (TPSA) is 25.4 Å². The summed E-state index contributed by atoms with van der Waals surface area (Å²) in [6, 6.07) is 150. The van der Waals surface area contributed by atoms with E-state index in [-0.39, 0.29) is 71.4 Å². The molecule has 18 aromatic carbocycles. The molecule has 120 heavy (non-hydrogen) atoms. The van der Waals surface area contributed by atoms with Gasteiger partial charge in [0.05, 0.1) is 0 Å². The maximum absolute atomic E-state index is 8.26. The molecule has 0 spiro atoms. The average Bonchev–Trinajstić information content (AvgIpc) is 0.805. The molecule has 4 aromatic heterocycles. The van der Waals surface area contributed by atoms with E-state index in [1.54, 1.807) is 0 Å². The molecule has 6 nitrogen and oxygen atoms in total. The predicted octanol–water partition coefficient (Wildman–Crippen LogP) is 23.9. The molecule has 0 bridgehead atoms. The van der Waals surface area contributed by atoms with Gasteiger partial charge in [-0.2, -0.15) is 0 Å². The van der Waals surface area contributed by atoms with E-state index in [2.05, 4.69) is 419 Å². The van der Waals surface area contributed by atoms with Crippen LogP contribution in [0.5, 0.6) is 11.5 Å². The third-order valence-corrected chi connectivity index (χ3v) is 34.9. The van der Waals surface area contributed by atoms with Crippen LogP contribution < -0.4 is 62.0 Å². The molecule has 0 radical (unpaired) electrons. The Morgan fingerprint density at radius 2 is 0.592 bits per heavy atom. The second kappa shape index (κ2) is 27.3. The number of benzene rings is 18. The summed E-state index contributed by atoms with van der Waals surface area (Å²) in [7, 11) is 0. The van der Waals surface area contributed by atoms with E-state index in [1.807, 2.05) is 0 Å². The van der Waals surface area contributed by atoms with Crippen LogP contribution in [-0.4, -0.2) is 71.4 Å². The maximum Gasteiger partial charge on any atom is -0.0543 e. The minimum atomic E-state index is -0.283. The van der Waals surface area contributed by atoms with Gasteiger partial charge in [0, 0.05) is 0 Å². The van der Waals surface area contributed by atoms with E-state index in [1.165, 1.54) is 99.0 Å². The molecule has 0 saturated carbocycles. The van der Waals surface area contributed by atoms with Gasteiger partial charge in [-0.05, 0) is 0 Å². The number of nitrogens with zero attached hydrogens (tertiary/aromatic N) is 5. The van der Waals surface area contributed by atoms with Crippen molar-refractivity contribution in [2.75, 3.05) is 24.5 Å². The van der Waals surface area contributed by atoms with Crippen LogP contribution in [0.2, 0.25) is 0 Å². The summed E-state index contributed by atoms with van der Waals surface area (Å²) >= 11 is 0.744. The second-order valence-corrected chi connectivity index (χ2v) is 40.8. The summed E-state index contributed by atoms with van der Waals surface area (Å²) in [5.74, 6) is 1.64. The third kappa shape index (κ3) is 10.6. The Kier molecular flexibility index (Phi) is 15.7. The van der Waals surface area contributed by atoms with Crippen molar-refractivity contribution in [1.82, 2.24) is 0 Å². The first kappa shape index (κ1) is 69.0. The van der Waals surface area contributed by atoms with E-state index in [9.17, 15) is 0 Å². The number of ether oxygens (including phenoxy) is 1. The van der Waals surface area contributed by atoms with Crippen molar-refractivity contribution in [3.63, 3.8) is 0 Å². The number of fused-ring (bicyclic) bond motifs is 20. The average molecular weight is 1790 g/mol. The SMILES string of the molecule is c1ccc(-c2cccc(-c3ccccc3)c2N2c3cc4c(cc3B3c5ccccc5N(c5ccc6[se]c7ccccc7c6c5)c5cc(N(c6ccccc6)c6ccc7[se]c8ccccc8c7c6)cc2c53)B2c3ccccc3N(c3ccc5[se]c6ccccc6c5c3)c3cc(N(c5ccccc5)c5ccc6[se]c7ccccc7c6c5)cc(c32)O4)cc1. The van der Waals surface area contributed by atoms with Crippen LogP contribution in [0.1, 0.15) is 0 Å². The van der Waals surface area contributed by atoms with Gasteiger partial charge in [0.15, 0.2) is 0 Å². The normalized spacial score (nSPS) is 13.0. The Hall–Kier alpha value is -13.0. The predicted molar refractivity (Wildman–Crippen MR) is 514 cm³/mol.